The minimum absolute atomic E-state index is 0.177. The highest BCUT2D eigenvalue weighted by Crippen LogP contribution is 2.24. The van der Waals surface area contributed by atoms with Gasteiger partial charge in [0.05, 0.1) is 16.7 Å². The Hall–Kier alpha value is -2.68. The normalized spacial score (nSPS) is 11.8. The van der Waals surface area contributed by atoms with Crippen molar-refractivity contribution < 1.29 is 17.2 Å². The number of hydrogen-bond donors (Lipinski definition) is 3. The van der Waals surface area contributed by atoms with Gasteiger partial charge in [0.15, 0.2) is 0 Å². The zero-order valence-electron chi connectivity index (χ0n) is 11.8. The summed E-state index contributed by atoms with van der Waals surface area (Å²) in [5.41, 5.74) is 1.19. The smallest absolute Gasteiger partial charge is 0.306 e. The molecule has 0 unspecified atom stereocenters. The molecule has 0 aliphatic rings. The van der Waals surface area contributed by atoms with Crippen molar-refractivity contribution in [1.29, 1.82) is 0 Å². The molecular weight excluding hydrogens is 328 g/mol. The van der Waals surface area contributed by atoms with E-state index in [-0.39, 0.29) is 5.69 Å². The lowest BCUT2D eigenvalue weighted by molar-refractivity contribution is 0.551. The number of nitrogens with one attached hydrogen (secondary N) is 3. The van der Waals surface area contributed by atoms with Gasteiger partial charge < -0.3 is 9.97 Å². The average Bonchev–Trinajstić information content (AvgIpc) is 2.77. The van der Waals surface area contributed by atoms with Crippen molar-refractivity contribution in [3.8, 4) is 0 Å². The first-order valence-electron chi connectivity index (χ1n) is 6.47. The number of hydrogen-bond acceptors (Lipinski definition) is 3. The van der Waals surface area contributed by atoms with Gasteiger partial charge in [-0.2, -0.15) is 0 Å². The molecule has 2 aromatic carbocycles. The molecule has 0 bridgehead atoms. The van der Waals surface area contributed by atoms with Crippen LogP contribution < -0.4 is 10.4 Å². The SMILES string of the molecule is Cc1cc2[nH]c(=O)[nH]c2cc1NS(=O)(=O)c1ccc(F)cc1F. The zero-order chi connectivity index (χ0) is 16.8. The Labute approximate surface area is 129 Å². The van der Waals surface area contributed by atoms with Crippen LogP contribution in [0.5, 0.6) is 0 Å². The molecule has 6 nitrogen and oxygen atoms in total. The van der Waals surface area contributed by atoms with Crippen LogP contribution in [0.1, 0.15) is 5.56 Å². The number of sulfonamides is 1. The van der Waals surface area contributed by atoms with Crippen molar-refractivity contribution in [3.63, 3.8) is 0 Å². The summed E-state index contributed by atoms with van der Waals surface area (Å²) in [6.45, 7) is 1.63. The summed E-state index contributed by atoms with van der Waals surface area (Å²) in [4.78, 5) is 15.6. The van der Waals surface area contributed by atoms with Crippen LogP contribution in [0.25, 0.3) is 11.0 Å². The molecule has 0 radical (unpaired) electrons. The predicted molar refractivity (Wildman–Crippen MR) is 80.8 cm³/mol. The van der Waals surface area contributed by atoms with E-state index in [1.54, 1.807) is 13.0 Å². The maximum atomic E-state index is 13.7. The van der Waals surface area contributed by atoms with Crippen LogP contribution in [0.3, 0.4) is 0 Å². The molecule has 9 heteroatoms. The summed E-state index contributed by atoms with van der Waals surface area (Å²) in [5, 5.41) is 0. The minimum atomic E-state index is -4.24. The summed E-state index contributed by atoms with van der Waals surface area (Å²) in [7, 11) is -4.24. The molecule has 3 rings (SSSR count). The largest absolute Gasteiger partial charge is 0.323 e. The van der Waals surface area contributed by atoms with Crippen LogP contribution in [0.2, 0.25) is 0 Å². The lowest BCUT2D eigenvalue weighted by Gasteiger charge is -2.11. The maximum Gasteiger partial charge on any atom is 0.323 e. The van der Waals surface area contributed by atoms with E-state index in [1.807, 2.05) is 0 Å². The molecule has 0 atom stereocenters. The van der Waals surface area contributed by atoms with E-state index < -0.39 is 32.2 Å². The van der Waals surface area contributed by atoms with Crippen LogP contribution in [-0.4, -0.2) is 18.4 Å². The number of anilines is 1. The predicted octanol–water partition coefficient (Wildman–Crippen LogP) is 2.24. The van der Waals surface area contributed by atoms with Gasteiger partial charge >= 0.3 is 5.69 Å². The Balaban J connectivity index is 2.06. The molecule has 3 aromatic rings. The highest BCUT2D eigenvalue weighted by atomic mass is 32.2. The molecule has 23 heavy (non-hydrogen) atoms. The van der Waals surface area contributed by atoms with Crippen molar-refractivity contribution in [2.75, 3.05) is 4.72 Å². The van der Waals surface area contributed by atoms with Gasteiger partial charge in [-0.15, -0.1) is 0 Å². The summed E-state index contributed by atoms with van der Waals surface area (Å²) < 4.78 is 53.4. The third-order valence-corrected chi connectivity index (χ3v) is 4.69. The average molecular weight is 339 g/mol. The van der Waals surface area contributed by atoms with Crippen LogP contribution in [-0.2, 0) is 10.0 Å². The van der Waals surface area contributed by atoms with Crippen molar-refractivity contribution >= 4 is 26.7 Å². The number of aromatic nitrogens is 2. The van der Waals surface area contributed by atoms with E-state index in [2.05, 4.69) is 14.7 Å². The zero-order valence-corrected chi connectivity index (χ0v) is 12.6. The van der Waals surface area contributed by atoms with E-state index in [1.165, 1.54) is 6.07 Å². The van der Waals surface area contributed by atoms with Gasteiger partial charge in [-0.1, -0.05) is 0 Å². The summed E-state index contributed by atoms with van der Waals surface area (Å²) >= 11 is 0. The lowest BCUT2D eigenvalue weighted by atomic mass is 10.2. The van der Waals surface area contributed by atoms with E-state index >= 15 is 0 Å². The van der Waals surface area contributed by atoms with Gasteiger partial charge in [0.1, 0.15) is 16.5 Å². The molecule has 0 saturated carbocycles. The number of H-pyrrole nitrogens is 2. The highest BCUT2D eigenvalue weighted by Gasteiger charge is 2.20. The van der Waals surface area contributed by atoms with Crippen LogP contribution in [0.4, 0.5) is 14.5 Å². The van der Waals surface area contributed by atoms with Gasteiger partial charge in [0.2, 0.25) is 0 Å². The number of aryl methyl sites for hydroxylation is 1. The minimum Gasteiger partial charge on any atom is -0.306 e. The molecule has 120 valence electrons. The fraction of sp³-hybridized carbons (Fsp3) is 0.0714. The van der Waals surface area contributed by atoms with Gasteiger partial charge in [0.25, 0.3) is 10.0 Å². The summed E-state index contributed by atoms with van der Waals surface area (Å²) in [6, 6.07) is 5.19. The Kier molecular flexibility index (Phi) is 3.44. The summed E-state index contributed by atoms with van der Waals surface area (Å²) in [5.74, 6) is -2.06. The van der Waals surface area contributed by atoms with E-state index in [4.69, 9.17) is 0 Å². The number of halogens is 2. The molecule has 0 aliphatic heterocycles. The number of fused-ring (bicyclic) bond motifs is 1. The van der Waals surface area contributed by atoms with Gasteiger partial charge in [-0.25, -0.2) is 22.0 Å². The Morgan fingerprint density at radius 1 is 1.04 bits per heavy atom. The lowest BCUT2D eigenvalue weighted by Crippen LogP contribution is -2.15. The first-order valence-corrected chi connectivity index (χ1v) is 7.95. The van der Waals surface area contributed by atoms with Crippen molar-refractivity contribution in [2.45, 2.75) is 11.8 Å². The van der Waals surface area contributed by atoms with Gasteiger partial charge in [-0.3, -0.25) is 4.72 Å². The van der Waals surface area contributed by atoms with Crippen LogP contribution in [0, 0.1) is 18.6 Å². The standard InChI is InChI=1S/C14H11F2N3O3S/c1-7-4-11-12(18-14(20)17-11)6-10(7)19-23(21,22)13-3-2-8(15)5-9(13)16/h2-6,19H,1H3,(H2,17,18,20). The Morgan fingerprint density at radius 2 is 1.70 bits per heavy atom. The third kappa shape index (κ3) is 2.82. The second-order valence-corrected chi connectivity index (χ2v) is 6.62. The molecule has 0 amide bonds. The molecule has 1 heterocycles. The van der Waals surface area contributed by atoms with Gasteiger partial charge in [-0.05, 0) is 36.8 Å². The molecule has 3 N–H and O–H groups in total. The topological polar surface area (TPSA) is 94.8 Å². The quantitative estimate of drug-likeness (QED) is 0.683. The van der Waals surface area contributed by atoms with Crippen LogP contribution in [0.15, 0.2) is 40.0 Å². The fourth-order valence-electron chi connectivity index (χ4n) is 2.19. The number of benzene rings is 2. The van der Waals surface area contributed by atoms with Crippen molar-refractivity contribution in [1.82, 2.24) is 9.97 Å². The molecule has 0 spiro atoms. The molecule has 1 aromatic heterocycles. The molecule has 0 aliphatic carbocycles. The first kappa shape index (κ1) is 15.2. The highest BCUT2D eigenvalue weighted by molar-refractivity contribution is 7.92. The Morgan fingerprint density at radius 3 is 2.35 bits per heavy atom. The van der Waals surface area contributed by atoms with E-state index in [0.29, 0.717) is 22.7 Å². The van der Waals surface area contributed by atoms with Crippen molar-refractivity contribution in [2.24, 2.45) is 0 Å². The third-order valence-electron chi connectivity index (χ3n) is 3.29. The number of aromatic amines is 2. The second kappa shape index (κ2) is 5.20. The maximum absolute atomic E-state index is 13.7. The molecular formula is C14H11F2N3O3S. The fourth-order valence-corrected chi connectivity index (χ4v) is 3.38. The van der Waals surface area contributed by atoms with Gasteiger partial charge in [0, 0.05) is 6.07 Å². The number of imidazole rings is 1. The second-order valence-electron chi connectivity index (χ2n) is 4.97. The molecule has 0 saturated heterocycles. The monoisotopic (exact) mass is 339 g/mol. The van der Waals surface area contributed by atoms with Crippen LogP contribution >= 0.6 is 0 Å². The van der Waals surface area contributed by atoms with Crippen molar-refractivity contribution in [3.05, 3.63) is 58.0 Å². The van der Waals surface area contributed by atoms with E-state index in [9.17, 15) is 22.0 Å². The first-order chi connectivity index (χ1) is 10.8. The Bertz CT molecular complexity index is 1070. The summed E-state index contributed by atoms with van der Waals surface area (Å²) in [6.07, 6.45) is 0. The van der Waals surface area contributed by atoms with E-state index in [0.717, 1.165) is 12.1 Å². The number of rotatable bonds is 3. The molecule has 0 fully saturated rings.